The average molecular weight is 363 g/mol. The number of hydrogen-bond donors (Lipinski definition) is 2. The number of thioether (sulfide) groups is 1. The molecule has 2 aromatic rings. The largest absolute Gasteiger partial charge is 0.497 e. The van der Waals surface area contributed by atoms with E-state index in [1.165, 1.54) is 24.9 Å². The third-order valence-corrected chi connectivity index (χ3v) is 4.23. The predicted octanol–water partition coefficient (Wildman–Crippen LogP) is 2.64. The van der Waals surface area contributed by atoms with E-state index in [2.05, 4.69) is 15.3 Å². The number of carbonyl (C=O) groups excluding carboxylic acids is 1. The van der Waals surface area contributed by atoms with Crippen LogP contribution in [0.15, 0.2) is 34.2 Å². The summed E-state index contributed by atoms with van der Waals surface area (Å²) in [7, 11) is 3.07. The minimum absolute atomic E-state index is 0.102. The Kier molecular flexibility index (Phi) is 6.46. The van der Waals surface area contributed by atoms with Crippen molar-refractivity contribution in [2.75, 3.05) is 25.3 Å². The first kappa shape index (κ1) is 18.9. The molecular weight excluding hydrogens is 342 g/mol. The van der Waals surface area contributed by atoms with Gasteiger partial charge >= 0.3 is 0 Å². The fraction of sp³-hybridized carbons (Fsp3) is 0.353. The van der Waals surface area contributed by atoms with Crippen molar-refractivity contribution in [3.05, 3.63) is 40.3 Å². The van der Waals surface area contributed by atoms with Crippen LogP contribution >= 0.6 is 11.8 Å². The van der Waals surface area contributed by atoms with Crippen LogP contribution in [0.1, 0.15) is 25.5 Å². The fourth-order valence-electron chi connectivity index (χ4n) is 2.05. The van der Waals surface area contributed by atoms with Gasteiger partial charge in [-0.05, 0) is 18.1 Å². The Balaban J connectivity index is 2.05. The molecule has 0 bridgehead atoms. The molecule has 0 fully saturated rings. The molecule has 8 heteroatoms. The van der Waals surface area contributed by atoms with Gasteiger partial charge in [-0.3, -0.25) is 9.59 Å². The SMILES string of the molecule is COc1ccc(OC)c(NC(=O)CSc2nc(C(C)C)cc(=O)[nH]2)c1. The smallest absolute Gasteiger partial charge is 0.251 e. The number of carbonyl (C=O) groups is 1. The fourth-order valence-corrected chi connectivity index (χ4v) is 2.73. The molecule has 1 aromatic carbocycles. The molecule has 0 atom stereocenters. The van der Waals surface area contributed by atoms with Gasteiger partial charge in [0.15, 0.2) is 5.16 Å². The van der Waals surface area contributed by atoms with Gasteiger partial charge in [0, 0.05) is 12.1 Å². The van der Waals surface area contributed by atoms with E-state index in [-0.39, 0.29) is 23.1 Å². The molecule has 2 rings (SSSR count). The van der Waals surface area contributed by atoms with Crippen molar-refractivity contribution in [3.63, 3.8) is 0 Å². The second kappa shape index (κ2) is 8.57. The van der Waals surface area contributed by atoms with Crippen molar-refractivity contribution in [1.82, 2.24) is 9.97 Å². The Morgan fingerprint density at radius 3 is 2.68 bits per heavy atom. The van der Waals surface area contributed by atoms with Gasteiger partial charge in [-0.25, -0.2) is 4.98 Å². The first-order valence-corrected chi connectivity index (χ1v) is 8.67. The van der Waals surface area contributed by atoms with Gasteiger partial charge in [-0.1, -0.05) is 25.6 Å². The molecule has 0 saturated carbocycles. The maximum absolute atomic E-state index is 12.2. The molecule has 0 saturated heterocycles. The summed E-state index contributed by atoms with van der Waals surface area (Å²) >= 11 is 1.17. The Morgan fingerprint density at radius 1 is 1.28 bits per heavy atom. The molecule has 2 N–H and O–H groups in total. The topological polar surface area (TPSA) is 93.3 Å². The first-order chi connectivity index (χ1) is 11.9. The van der Waals surface area contributed by atoms with Crippen molar-refractivity contribution in [2.24, 2.45) is 0 Å². The van der Waals surface area contributed by atoms with E-state index in [0.717, 1.165) is 0 Å². The summed E-state index contributed by atoms with van der Waals surface area (Å²) in [6.45, 7) is 3.91. The number of nitrogens with one attached hydrogen (secondary N) is 2. The van der Waals surface area contributed by atoms with Crippen LogP contribution in [0.3, 0.4) is 0 Å². The van der Waals surface area contributed by atoms with Crippen LogP contribution in [-0.4, -0.2) is 35.8 Å². The number of benzene rings is 1. The molecule has 0 aliphatic carbocycles. The van der Waals surface area contributed by atoms with E-state index in [9.17, 15) is 9.59 Å². The molecule has 0 aliphatic rings. The zero-order chi connectivity index (χ0) is 18.4. The summed E-state index contributed by atoms with van der Waals surface area (Å²) in [5.74, 6) is 1.14. The van der Waals surface area contributed by atoms with Gasteiger partial charge in [-0.2, -0.15) is 0 Å². The molecule has 25 heavy (non-hydrogen) atoms. The predicted molar refractivity (Wildman–Crippen MR) is 97.8 cm³/mol. The Morgan fingerprint density at radius 2 is 2.04 bits per heavy atom. The summed E-state index contributed by atoms with van der Waals surface area (Å²) < 4.78 is 10.4. The molecular formula is C17H21N3O4S. The number of rotatable bonds is 7. The third-order valence-electron chi connectivity index (χ3n) is 3.35. The van der Waals surface area contributed by atoms with Crippen molar-refractivity contribution >= 4 is 23.4 Å². The lowest BCUT2D eigenvalue weighted by Gasteiger charge is -2.11. The van der Waals surface area contributed by atoms with Crippen LogP contribution in [0, 0.1) is 0 Å². The van der Waals surface area contributed by atoms with E-state index < -0.39 is 0 Å². The summed E-state index contributed by atoms with van der Waals surface area (Å²) in [6, 6.07) is 6.61. The highest BCUT2D eigenvalue weighted by atomic mass is 32.2. The summed E-state index contributed by atoms with van der Waals surface area (Å²) in [5, 5.41) is 3.19. The molecule has 0 aliphatic heterocycles. The zero-order valence-electron chi connectivity index (χ0n) is 14.6. The highest BCUT2D eigenvalue weighted by Crippen LogP contribution is 2.29. The number of hydrogen-bond acceptors (Lipinski definition) is 6. The van der Waals surface area contributed by atoms with Crippen LogP contribution in [0.4, 0.5) is 5.69 Å². The highest BCUT2D eigenvalue weighted by Gasteiger charge is 2.11. The number of aromatic nitrogens is 2. The van der Waals surface area contributed by atoms with E-state index in [1.807, 2.05) is 13.8 Å². The Hall–Kier alpha value is -2.48. The second-order valence-electron chi connectivity index (χ2n) is 5.53. The van der Waals surface area contributed by atoms with Gasteiger partial charge in [0.2, 0.25) is 5.91 Å². The van der Waals surface area contributed by atoms with Gasteiger partial charge in [0.1, 0.15) is 11.5 Å². The van der Waals surface area contributed by atoms with Crippen LogP contribution in [0.25, 0.3) is 0 Å². The van der Waals surface area contributed by atoms with Crippen molar-refractivity contribution in [1.29, 1.82) is 0 Å². The minimum atomic E-state index is -0.242. The summed E-state index contributed by atoms with van der Waals surface area (Å²) in [4.78, 5) is 30.9. The molecule has 7 nitrogen and oxygen atoms in total. The normalized spacial score (nSPS) is 10.6. The van der Waals surface area contributed by atoms with E-state index in [4.69, 9.17) is 9.47 Å². The molecule has 134 valence electrons. The monoisotopic (exact) mass is 363 g/mol. The van der Waals surface area contributed by atoms with E-state index >= 15 is 0 Å². The number of ether oxygens (including phenoxy) is 2. The summed E-state index contributed by atoms with van der Waals surface area (Å²) in [5.41, 5.74) is 0.988. The average Bonchev–Trinajstić information content (AvgIpc) is 2.59. The summed E-state index contributed by atoms with van der Waals surface area (Å²) in [6.07, 6.45) is 0. The van der Waals surface area contributed by atoms with Crippen LogP contribution < -0.4 is 20.3 Å². The number of H-pyrrole nitrogens is 1. The van der Waals surface area contributed by atoms with Crippen molar-refractivity contribution in [3.8, 4) is 11.5 Å². The van der Waals surface area contributed by atoms with Gasteiger partial charge < -0.3 is 19.8 Å². The quantitative estimate of drug-likeness (QED) is 0.580. The standard InChI is InChI=1S/C17H21N3O4S/c1-10(2)12-8-15(21)20-17(19-12)25-9-16(22)18-13-7-11(23-3)5-6-14(13)24-4/h5-8,10H,9H2,1-4H3,(H,18,22)(H,19,20,21). The molecule has 1 amide bonds. The Bertz CT molecular complexity index is 805. The van der Waals surface area contributed by atoms with Gasteiger partial charge in [0.25, 0.3) is 5.56 Å². The van der Waals surface area contributed by atoms with Crippen LogP contribution in [0.2, 0.25) is 0 Å². The zero-order valence-corrected chi connectivity index (χ0v) is 15.4. The van der Waals surface area contributed by atoms with Crippen molar-refractivity contribution in [2.45, 2.75) is 24.9 Å². The number of amides is 1. The number of nitrogens with zero attached hydrogens (tertiary/aromatic N) is 1. The number of aromatic amines is 1. The first-order valence-electron chi connectivity index (χ1n) is 7.69. The molecule has 0 unspecified atom stereocenters. The maximum atomic E-state index is 12.2. The van der Waals surface area contributed by atoms with E-state index in [1.54, 1.807) is 25.3 Å². The van der Waals surface area contributed by atoms with Gasteiger partial charge in [-0.15, -0.1) is 0 Å². The molecule has 1 heterocycles. The third kappa shape index (κ3) is 5.25. The van der Waals surface area contributed by atoms with E-state index in [0.29, 0.717) is 28.0 Å². The molecule has 0 spiro atoms. The van der Waals surface area contributed by atoms with Crippen molar-refractivity contribution < 1.29 is 14.3 Å². The lowest BCUT2D eigenvalue weighted by molar-refractivity contribution is -0.113. The number of methoxy groups -OCH3 is 2. The van der Waals surface area contributed by atoms with Gasteiger partial charge in [0.05, 0.1) is 31.4 Å². The lowest BCUT2D eigenvalue weighted by atomic mass is 10.1. The minimum Gasteiger partial charge on any atom is -0.497 e. The molecule has 0 radical (unpaired) electrons. The molecule has 1 aromatic heterocycles. The second-order valence-corrected chi connectivity index (χ2v) is 6.50. The lowest BCUT2D eigenvalue weighted by Crippen LogP contribution is -2.16. The maximum Gasteiger partial charge on any atom is 0.251 e. The Labute approximate surface area is 150 Å². The number of anilines is 1. The van der Waals surface area contributed by atoms with Crippen LogP contribution in [0.5, 0.6) is 11.5 Å². The van der Waals surface area contributed by atoms with Crippen LogP contribution in [-0.2, 0) is 4.79 Å². The highest BCUT2D eigenvalue weighted by molar-refractivity contribution is 7.99.